The minimum Gasteiger partial charge on any atom is -0.486 e. The Bertz CT molecular complexity index is 888. The van der Waals surface area contributed by atoms with Crippen molar-refractivity contribution >= 4 is 16.3 Å². The summed E-state index contributed by atoms with van der Waals surface area (Å²) in [6.45, 7) is 0.316. The molecule has 0 aliphatic heterocycles. The van der Waals surface area contributed by atoms with Crippen molar-refractivity contribution in [1.29, 1.82) is 0 Å². The van der Waals surface area contributed by atoms with E-state index in [0.717, 1.165) is 21.4 Å². The Labute approximate surface area is 130 Å². The predicted octanol–water partition coefficient (Wildman–Crippen LogP) is 2.83. The lowest BCUT2D eigenvalue weighted by atomic mass is 10.3. The van der Waals surface area contributed by atoms with E-state index in [4.69, 9.17) is 4.74 Å². The van der Waals surface area contributed by atoms with E-state index in [1.54, 1.807) is 10.7 Å². The zero-order valence-electron chi connectivity index (χ0n) is 11.5. The van der Waals surface area contributed by atoms with Crippen LogP contribution < -0.4 is 4.74 Å². The quantitative estimate of drug-likeness (QED) is 0.580. The third-order valence-corrected chi connectivity index (χ3v) is 3.97. The van der Waals surface area contributed by atoms with Crippen LogP contribution in [0.5, 0.6) is 5.75 Å². The minimum atomic E-state index is 0.316. The maximum absolute atomic E-state index is 5.70. The highest BCUT2D eigenvalue weighted by Gasteiger charge is 2.13. The molecule has 0 amide bonds. The van der Waals surface area contributed by atoms with Crippen LogP contribution in [0.2, 0.25) is 0 Å². The molecule has 0 fully saturated rings. The van der Waals surface area contributed by atoms with Gasteiger partial charge in [0.1, 0.15) is 18.1 Å². The number of benzene rings is 1. The van der Waals surface area contributed by atoms with E-state index in [2.05, 4.69) is 20.3 Å². The molecule has 108 valence electrons. The van der Waals surface area contributed by atoms with Gasteiger partial charge in [-0.3, -0.25) is 4.98 Å². The smallest absolute Gasteiger partial charge is 0.235 e. The normalized spacial score (nSPS) is 10.9. The number of aromatic nitrogens is 5. The molecular formula is C15H11N5OS. The van der Waals surface area contributed by atoms with Crippen molar-refractivity contribution in [3.8, 4) is 16.5 Å². The Morgan fingerprint density at radius 2 is 1.86 bits per heavy atom. The predicted molar refractivity (Wildman–Crippen MR) is 82.7 cm³/mol. The molecule has 3 heterocycles. The van der Waals surface area contributed by atoms with Gasteiger partial charge in [-0.25, -0.2) is 0 Å². The Kier molecular flexibility index (Phi) is 3.24. The highest BCUT2D eigenvalue weighted by atomic mass is 32.1. The molecule has 0 saturated carbocycles. The van der Waals surface area contributed by atoms with Crippen LogP contribution in [0.1, 0.15) is 5.82 Å². The minimum absolute atomic E-state index is 0.316. The van der Waals surface area contributed by atoms with Crippen LogP contribution in [-0.2, 0) is 6.61 Å². The van der Waals surface area contributed by atoms with Crippen molar-refractivity contribution in [2.75, 3.05) is 0 Å². The second-order valence-corrected chi connectivity index (χ2v) is 5.49. The second kappa shape index (κ2) is 5.53. The number of ether oxygens (including phenoxy) is 1. The van der Waals surface area contributed by atoms with Crippen LogP contribution in [0.15, 0.2) is 54.7 Å². The fourth-order valence-corrected chi connectivity index (χ4v) is 2.84. The molecule has 7 heteroatoms. The number of hydrogen-bond acceptors (Lipinski definition) is 6. The molecule has 4 aromatic rings. The summed E-state index contributed by atoms with van der Waals surface area (Å²) in [6, 6.07) is 15.3. The lowest BCUT2D eigenvalue weighted by Gasteiger charge is -2.02. The average Bonchev–Trinajstić information content (AvgIpc) is 3.16. The van der Waals surface area contributed by atoms with Gasteiger partial charge < -0.3 is 4.74 Å². The number of para-hydroxylation sites is 1. The summed E-state index contributed by atoms with van der Waals surface area (Å²) in [7, 11) is 0. The van der Waals surface area contributed by atoms with Gasteiger partial charge in [0, 0.05) is 6.20 Å². The molecule has 3 aromatic heterocycles. The zero-order valence-corrected chi connectivity index (χ0v) is 12.3. The van der Waals surface area contributed by atoms with Gasteiger partial charge in [-0.1, -0.05) is 35.6 Å². The van der Waals surface area contributed by atoms with Crippen LogP contribution >= 0.6 is 11.3 Å². The van der Waals surface area contributed by atoms with Crippen LogP contribution in [0.3, 0.4) is 0 Å². The molecule has 0 unspecified atom stereocenters. The van der Waals surface area contributed by atoms with Crippen molar-refractivity contribution in [3.63, 3.8) is 0 Å². The molecule has 0 bridgehead atoms. The molecule has 6 nitrogen and oxygen atoms in total. The molecule has 22 heavy (non-hydrogen) atoms. The molecule has 0 N–H and O–H groups in total. The highest BCUT2D eigenvalue weighted by molar-refractivity contribution is 7.19. The average molecular weight is 309 g/mol. The van der Waals surface area contributed by atoms with E-state index >= 15 is 0 Å². The Morgan fingerprint density at radius 3 is 2.68 bits per heavy atom. The standard InChI is InChI=1S/C15H11N5OS/c1-2-6-11(7-3-1)21-10-13-17-18-15-20(13)19-14(22-15)12-8-4-5-9-16-12/h1-9H,10H2. The first-order chi connectivity index (χ1) is 10.9. The van der Waals surface area contributed by atoms with Crippen LogP contribution in [0, 0.1) is 0 Å². The van der Waals surface area contributed by atoms with E-state index in [0.29, 0.717) is 12.4 Å². The number of rotatable bonds is 4. The Morgan fingerprint density at radius 1 is 1.00 bits per heavy atom. The summed E-state index contributed by atoms with van der Waals surface area (Å²) >= 11 is 1.45. The van der Waals surface area contributed by atoms with Gasteiger partial charge in [0.15, 0.2) is 10.8 Å². The molecule has 0 radical (unpaired) electrons. The summed E-state index contributed by atoms with van der Waals surface area (Å²) in [5.41, 5.74) is 0.827. The summed E-state index contributed by atoms with van der Waals surface area (Å²) < 4.78 is 7.41. The highest BCUT2D eigenvalue weighted by Crippen LogP contribution is 2.23. The number of pyridine rings is 1. The van der Waals surface area contributed by atoms with E-state index < -0.39 is 0 Å². The lowest BCUT2D eigenvalue weighted by molar-refractivity contribution is 0.293. The molecular weight excluding hydrogens is 298 g/mol. The number of hydrogen-bond donors (Lipinski definition) is 0. The molecule has 0 aliphatic carbocycles. The van der Waals surface area contributed by atoms with Crippen molar-refractivity contribution in [2.24, 2.45) is 0 Å². The third kappa shape index (κ3) is 2.42. The zero-order chi connectivity index (χ0) is 14.8. The summed E-state index contributed by atoms with van der Waals surface area (Å²) in [4.78, 5) is 5.03. The topological polar surface area (TPSA) is 65.2 Å². The summed E-state index contributed by atoms with van der Waals surface area (Å²) in [6.07, 6.45) is 1.75. The SMILES string of the molecule is c1ccc(OCc2nnc3sc(-c4ccccn4)nn23)cc1. The number of nitrogens with zero attached hydrogens (tertiary/aromatic N) is 5. The molecule has 0 spiro atoms. The van der Waals surface area contributed by atoms with Gasteiger partial charge in [0.05, 0.1) is 0 Å². The van der Waals surface area contributed by atoms with Crippen LogP contribution in [-0.4, -0.2) is 24.8 Å². The van der Waals surface area contributed by atoms with Gasteiger partial charge in [-0.15, -0.1) is 10.2 Å². The van der Waals surface area contributed by atoms with Crippen molar-refractivity contribution in [2.45, 2.75) is 6.61 Å². The Balaban J connectivity index is 1.61. The van der Waals surface area contributed by atoms with Gasteiger partial charge in [-0.2, -0.15) is 9.61 Å². The lowest BCUT2D eigenvalue weighted by Crippen LogP contribution is -2.02. The van der Waals surface area contributed by atoms with E-state index in [9.17, 15) is 0 Å². The van der Waals surface area contributed by atoms with Gasteiger partial charge in [0.25, 0.3) is 0 Å². The Hall–Kier alpha value is -2.80. The fourth-order valence-electron chi connectivity index (χ4n) is 2.00. The van der Waals surface area contributed by atoms with E-state index in [-0.39, 0.29) is 0 Å². The van der Waals surface area contributed by atoms with Crippen molar-refractivity contribution in [1.82, 2.24) is 24.8 Å². The fraction of sp³-hybridized carbons (Fsp3) is 0.0667. The molecule has 0 saturated heterocycles. The molecule has 0 aliphatic rings. The summed E-state index contributed by atoms with van der Waals surface area (Å²) in [5.74, 6) is 1.46. The largest absolute Gasteiger partial charge is 0.486 e. The molecule has 4 rings (SSSR count). The maximum atomic E-state index is 5.70. The first-order valence-electron chi connectivity index (χ1n) is 6.70. The number of fused-ring (bicyclic) bond motifs is 1. The first-order valence-corrected chi connectivity index (χ1v) is 7.52. The van der Waals surface area contributed by atoms with Gasteiger partial charge >= 0.3 is 0 Å². The third-order valence-electron chi connectivity index (χ3n) is 3.05. The van der Waals surface area contributed by atoms with E-state index in [1.807, 2.05) is 48.5 Å². The molecule has 0 atom stereocenters. The van der Waals surface area contributed by atoms with Gasteiger partial charge in [0.2, 0.25) is 4.96 Å². The monoisotopic (exact) mass is 309 g/mol. The summed E-state index contributed by atoms with van der Waals surface area (Å²) in [5, 5.41) is 13.6. The van der Waals surface area contributed by atoms with Crippen molar-refractivity contribution in [3.05, 3.63) is 60.6 Å². The maximum Gasteiger partial charge on any atom is 0.235 e. The van der Waals surface area contributed by atoms with Crippen LogP contribution in [0.25, 0.3) is 15.7 Å². The van der Waals surface area contributed by atoms with Gasteiger partial charge in [-0.05, 0) is 24.3 Å². The first kappa shape index (κ1) is 12.9. The van der Waals surface area contributed by atoms with E-state index in [1.165, 1.54) is 11.3 Å². The second-order valence-electron chi connectivity index (χ2n) is 4.53. The van der Waals surface area contributed by atoms with Crippen LogP contribution in [0.4, 0.5) is 0 Å². The molecule has 1 aromatic carbocycles. The van der Waals surface area contributed by atoms with Crippen molar-refractivity contribution < 1.29 is 4.74 Å².